The van der Waals surface area contributed by atoms with Gasteiger partial charge in [-0.3, -0.25) is 14.4 Å². The minimum absolute atomic E-state index is 0.0801. The number of rotatable bonds is 19. The topological polar surface area (TPSA) is 125 Å². The van der Waals surface area contributed by atoms with Gasteiger partial charge >= 0.3 is 23.9 Å². The van der Waals surface area contributed by atoms with Crippen molar-refractivity contribution in [2.75, 3.05) is 26.4 Å². The molecule has 2 atom stereocenters. The molecule has 0 spiro atoms. The number of unbranched alkanes of at least 4 members (excludes halogenated alkanes) is 4. The van der Waals surface area contributed by atoms with Gasteiger partial charge in [-0.15, -0.1) is 0 Å². The molecule has 0 fully saturated rings. The summed E-state index contributed by atoms with van der Waals surface area (Å²) in [4.78, 5) is 46.1. The fourth-order valence-electron chi connectivity index (χ4n) is 2.44. The Kier molecular flexibility index (Phi) is 17.7. The first-order valence-electron chi connectivity index (χ1n) is 11.7. The average molecular weight is 473 g/mol. The lowest BCUT2D eigenvalue weighted by atomic mass is 10.1. The highest BCUT2D eigenvalue weighted by molar-refractivity contribution is 5.86. The molecule has 0 amide bonds. The molecule has 9 nitrogen and oxygen atoms in total. The summed E-state index contributed by atoms with van der Waals surface area (Å²) in [5.74, 6) is -1.58. The molecular formula is C24H40O9. The van der Waals surface area contributed by atoms with Gasteiger partial charge in [0.2, 0.25) is 0 Å². The maximum atomic E-state index is 11.7. The van der Waals surface area contributed by atoms with Gasteiger partial charge in [0, 0.05) is 18.4 Å². The van der Waals surface area contributed by atoms with Crippen molar-refractivity contribution in [2.24, 2.45) is 5.92 Å². The zero-order valence-electron chi connectivity index (χ0n) is 20.3. The standard InChI is InChI=1S/C24H40O9/c1-5-19(4)24(29)31-15-11-7-8-12-21(26)30-14-10-6-9-13-22(27)32-16-20(25)17-33-23(28)18(2)3/h19-20,25H,2,5-17H2,1,3-4H3. The highest BCUT2D eigenvalue weighted by Crippen LogP contribution is 2.07. The predicted molar refractivity (Wildman–Crippen MR) is 121 cm³/mol. The van der Waals surface area contributed by atoms with Crippen LogP contribution in [0.25, 0.3) is 0 Å². The quantitative estimate of drug-likeness (QED) is 0.130. The molecule has 1 N–H and O–H groups in total. The van der Waals surface area contributed by atoms with Crippen molar-refractivity contribution in [3.63, 3.8) is 0 Å². The van der Waals surface area contributed by atoms with Gasteiger partial charge < -0.3 is 24.1 Å². The minimum Gasteiger partial charge on any atom is -0.466 e. The second kappa shape index (κ2) is 19.1. The van der Waals surface area contributed by atoms with Crippen molar-refractivity contribution in [2.45, 2.75) is 84.7 Å². The van der Waals surface area contributed by atoms with Crippen LogP contribution in [0.2, 0.25) is 0 Å². The average Bonchev–Trinajstić information content (AvgIpc) is 2.79. The van der Waals surface area contributed by atoms with Crippen molar-refractivity contribution in [1.82, 2.24) is 0 Å². The zero-order chi connectivity index (χ0) is 25.1. The smallest absolute Gasteiger partial charge is 0.333 e. The molecule has 0 aromatic heterocycles. The lowest BCUT2D eigenvalue weighted by molar-refractivity contribution is -0.151. The molecule has 0 aliphatic rings. The summed E-state index contributed by atoms with van der Waals surface area (Å²) in [5.41, 5.74) is 0.224. The summed E-state index contributed by atoms with van der Waals surface area (Å²) < 4.78 is 20.0. The van der Waals surface area contributed by atoms with E-state index in [-0.39, 0.29) is 43.1 Å². The van der Waals surface area contributed by atoms with E-state index in [9.17, 15) is 24.3 Å². The molecule has 0 aromatic carbocycles. The highest BCUT2D eigenvalue weighted by atomic mass is 16.6. The molecule has 0 saturated heterocycles. The molecule has 0 radical (unpaired) electrons. The largest absolute Gasteiger partial charge is 0.466 e. The second-order valence-electron chi connectivity index (χ2n) is 8.03. The molecule has 0 bridgehead atoms. The zero-order valence-corrected chi connectivity index (χ0v) is 20.3. The third kappa shape index (κ3) is 17.8. The van der Waals surface area contributed by atoms with Gasteiger partial charge in [0.05, 0.1) is 19.1 Å². The van der Waals surface area contributed by atoms with Gasteiger partial charge in [0.15, 0.2) is 0 Å². The van der Waals surface area contributed by atoms with Crippen LogP contribution in [0, 0.1) is 5.92 Å². The molecule has 190 valence electrons. The van der Waals surface area contributed by atoms with E-state index in [4.69, 9.17) is 18.9 Å². The van der Waals surface area contributed by atoms with E-state index in [1.165, 1.54) is 6.92 Å². The molecule has 2 unspecified atom stereocenters. The Labute approximate surface area is 196 Å². The van der Waals surface area contributed by atoms with Gasteiger partial charge in [-0.1, -0.05) is 20.4 Å². The molecule has 0 rings (SSSR count). The number of carbonyl (C=O) groups excluding carboxylic acids is 4. The Morgan fingerprint density at radius 2 is 1.30 bits per heavy atom. The Balaban J connectivity index is 3.56. The number of hydrogen-bond donors (Lipinski definition) is 1. The highest BCUT2D eigenvalue weighted by Gasteiger charge is 2.13. The van der Waals surface area contributed by atoms with E-state index in [1.54, 1.807) is 0 Å². The van der Waals surface area contributed by atoms with Crippen molar-refractivity contribution in [3.05, 3.63) is 12.2 Å². The predicted octanol–water partition coefficient (Wildman–Crippen LogP) is 3.26. The van der Waals surface area contributed by atoms with E-state index in [0.29, 0.717) is 45.3 Å². The summed E-state index contributed by atoms with van der Waals surface area (Å²) in [6.07, 6.45) is 4.30. The lowest BCUT2D eigenvalue weighted by Crippen LogP contribution is -2.25. The normalized spacial score (nSPS) is 12.4. The van der Waals surface area contributed by atoms with Crippen LogP contribution in [0.1, 0.15) is 78.6 Å². The Morgan fingerprint density at radius 1 is 0.788 bits per heavy atom. The third-order valence-electron chi connectivity index (χ3n) is 4.76. The Hall–Kier alpha value is -2.42. The van der Waals surface area contributed by atoms with Crippen molar-refractivity contribution < 1.29 is 43.2 Å². The van der Waals surface area contributed by atoms with Gasteiger partial charge in [-0.2, -0.15) is 0 Å². The van der Waals surface area contributed by atoms with Crippen LogP contribution in [0.3, 0.4) is 0 Å². The fourth-order valence-corrected chi connectivity index (χ4v) is 2.44. The van der Waals surface area contributed by atoms with Crippen LogP contribution in [0.5, 0.6) is 0 Å². The summed E-state index contributed by atoms with van der Waals surface area (Å²) in [5, 5.41) is 9.63. The van der Waals surface area contributed by atoms with E-state index < -0.39 is 18.0 Å². The van der Waals surface area contributed by atoms with Crippen LogP contribution in [-0.4, -0.2) is 61.5 Å². The third-order valence-corrected chi connectivity index (χ3v) is 4.76. The maximum Gasteiger partial charge on any atom is 0.333 e. The summed E-state index contributed by atoms with van der Waals surface area (Å²) in [7, 11) is 0. The SMILES string of the molecule is C=C(C)C(=O)OCC(O)COC(=O)CCCCCOC(=O)CCCCCOC(=O)C(C)CC. The summed E-state index contributed by atoms with van der Waals surface area (Å²) >= 11 is 0. The molecule has 33 heavy (non-hydrogen) atoms. The number of carbonyl (C=O) groups is 4. The number of esters is 4. The first-order valence-corrected chi connectivity index (χ1v) is 11.7. The van der Waals surface area contributed by atoms with Crippen LogP contribution < -0.4 is 0 Å². The van der Waals surface area contributed by atoms with E-state index in [2.05, 4.69) is 6.58 Å². The fraction of sp³-hybridized carbons (Fsp3) is 0.750. The minimum atomic E-state index is -1.09. The van der Waals surface area contributed by atoms with Gasteiger partial charge in [-0.05, 0) is 51.9 Å². The number of aliphatic hydroxyl groups is 1. The first-order chi connectivity index (χ1) is 15.7. The van der Waals surface area contributed by atoms with Crippen LogP contribution in [0.4, 0.5) is 0 Å². The van der Waals surface area contributed by atoms with Crippen LogP contribution >= 0.6 is 0 Å². The van der Waals surface area contributed by atoms with E-state index in [1.807, 2.05) is 13.8 Å². The van der Waals surface area contributed by atoms with Crippen LogP contribution in [-0.2, 0) is 38.1 Å². The monoisotopic (exact) mass is 472 g/mol. The Morgan fingerprint density at radius 3 is 1.85 bits per heavy atom. The van der Waals surface area contributed by atoms with Crippen molar-refractivity contribution in [1.29, 1.82) is 0 Å². The molecule has 9 heteroatoms. The number of hydrogen-bond acceptors (Lipinski definition) is 9. The molecule has 0 heterocycles. The van der Waals surface area contributed by atoms with E-state index >= 15 is 0 Å². The molecule has 0 aliphatic heterocycles. The van der Waals surface area contributed by atoms with Gasteiger partial charge in [0.25, 0.3) is 0 Å². The second-order valence-corrected chi connectivity index (χ2v) is 8.03. The number of aliphatic hydroxyl groups excluding tert-OH is 1. The van der Waals surface area contributed by atoms with Crippen molar-refractivity contribution >= 4 is 23.9 Å². The molecular weight excluding hydrogens is 432 g/mol. The van der Waals surface area contributed by atoms with Gasteiger partial charge in [-0.25, -0.2) is 4.79 Å². The molecule has 0 aliphatic carbocycles. The molecule has 0 aromatic rings. The van der Waals surface area contributed by atoms with E-state index in [0.717, 1.165) is 19.3 Å². The molecule has 0 saturated carbocycles. The maximum absolute atomic E-state index is 11.7. The first kappa shape index (κ1) is 30.6. The van der Waals surface area contributed by atoms with Gasteiger partial charge in [0.1, 0.15) is 19.3 Å². The summed E-state index contributed by atoms with van der Waals surface area (Å²) in [6.45, 7) is 8.85. The Bertz CT molecular complexity index is 615. The summed E-state index contributed by atoms with van der Waals surface area (Å²) in [6, 6.07) is 0. The van der Waals surface area contributed by atoms with Crippen LogP contribution in [0.15, 0.2) is 12.2 Å². The lowest BCUT2D eigenvalue weighted by Gasteiger charge is -2.12. The van der Waals surface area contributed by atoms with Crippen molar-refractivity contribution in [3.8, 4) is 0 Å². The number of ether oxygens (including phenoxy) is 4.